The molecule has 0 atom stereocenters. The van der Waals surface area contributed by atoms with Gasteiger partial charge in [0.1, 0.15) is 17.2 Å². The third kappa shape index (κ3) is 3.89. The SMILES string of the molecule is CCOC(=O)NC(=S)Nc1cc(-c2nc3ccccc3nc2C)n[nH]1. The number of para-hydroxylation sites is 2. The number of nitrogens with one attached hydrogen (secondary N) is 3. The predicted octanol–water partition coefficient (Wildman–Crippen LogP) is 2.77. The fourth-order valence-electron chi connectivity index (χ4n) is 2.25. The first kappa shape index (κ1) is 16.8. The molecule has 2 heterocycles. The minimum Gasteiger partial charge on any atom is -0.450 e. The van der Waals surface area contributed by atoms with Crippen LogP contribution in [0.5, 0.6) is 0 Å². The van der Waals surface area contributed by atoms with Gasteiger partial charge in [0.2, 0.25) is 0 Å². The maximum atomic E-state index is 11.3. The molecule has 0 aliphatic rings. The van der Waals surface area contributed by atoms with E-state index in [1.54, 1.807) is 13.0 Å². The van der Waals surface area contributed by atoms with Crippen molar-refractivity contribution in [3.8, 4) is 11.4 Å². The van der Waals surface area contributed by atoms with E-state index in [-0.39, 0.29) is 11.7 Å². The number of carbonyl (C=O) groups is 1. The molecule has 0 bridgehead atoms. The lowest BCUT2D eigenvalue weighted by Crippen LogP contribution is -2.34. The van der Waals surface area contributed by atoms with E-state index >= 15 is 0 Å². The molecule has 0 aliphatic heterocycles. The number of benzene rings is 1. The Morgan fingerprint density at radius 3 is 2.72 bits per heavy atom. The van der Waals surface area contributed by atoms with Crippen molar-refractivity contribution in [3.63, 3.8) is 0 Å². The summed E-state index contributed by atoms with van der Waals surface area (Å²) in [5.74, 6) is 0.520. The van der Waals surface area contributed by atoms with Gasteiger partial charge < -0.3 is 10.1 Å². The number of alkyl carbamates (subject to hydrolysis) is 1. The smallest absolute Gasteiger partial charge is 0.413 e. The Hall–Kier alpha value is -3.07. The number of aromatic amines is 1. The molecule has 1 aromatic carbocycles. The van der Waals surface area contributed by atoms with Crippen LogP contribution in [0, 0.1) is 6.92 Å². The van der Waals surface area contributed by atoms with Gasteiger partial charge in [-0.05, 0) is 38.2 Å². The van der Waals surface area contributed by atoms with E-state index in [9.17, 15) is 4.79 Å². The number of amides is 1. The second kappa shape index (κ2) is 7.22. The average Bonchev–Trinajstić information content (AvgIpc) is 3.02. The minimum atomic E-state index is -0.615. The first-order valence-electron chi connectivity index (χ1n) is 7.60. The van der Waals surface area contributed by atoms with Crippen LogP contribution < -0.4 is 10.6 Å². The summed E-state index contributed by atoms with van der Waals surface area (Å²) in [5, 5.41) is 12.4. The normalized spacial score (nSPS) is 10.5. The molecule has 0 saturated carbocycles. The Morgan fingerprint density at radius 2 is 2.00 bits per heavy atom. The summed E-state index contributed by atoms with van der Waals surface area (Å²) in [6, 6.07) is 9.38. The second-order valence-electron chi connectivity index (χ2n) is 5.11. The number of hydrogen-bond acceptors (Lipinski definition) is 6. The van der Waals surface area contributed by atoms with E-state index in [1.807, 2.05) is 31.2 Å². The highest BCUT2D eigenvalue weighted by atomic mass is 32.1. The second-order valence-corrected chi connectivity index (χ2v) is 5.52. The first-order valence-corrected chi connectivity index (χ1v) is 8.01. The summed E-state index contributed by atoms with van der Waals surface area (Å²) < 4.78 is 4.76. The number of fused-ring (bicyclic) bond motifs is 1. The number of anilines is 1. The van der Waals surface area contributed by atoms with Gasteiger partial charge in [0, 0.05) is 6.07 Å². The summed E-state index contributed by atoms with van der Waals surface area (Å²) in [5.41, 5.74) is 3.69. The number of nitrogens with zero attached hydrogens (tertiary/aromatic N) is 3. The average molecular weight is 356 g/mol. The fourth-order valence-corrected chi connectivity index (χ4v) is 2.44. The maximum Gasteiger partial charge on any atom is 0.413 e. The van der Waals surface area contributed by atoms with Gasteiger partial charge in [-0.2, -0.15) is 5.10 Å². The highest BCUT2D eigenvalue weighted by molar-refractivity contribution is 7.80. The van der Waals surface area contributed by atoms with Crippen LogP contribution in [0.4, 0.5) is 10.6 Å². The molecular formula is C16H16N6O2S. The minimum absolute atomic E-state index is 0.106. The van der Waals surface area contributed by atoms with E-state index in [0.29, 0.717) is 17.2 Å². The molecule has 0 saturated heterocycles. The lowest BCUT2D eigenvalue weighted by molar-refractivity contribution is 0.158. The summed E-state index contributed by atoms with van der Waals surface area (Å²) in [6.07, 6.45) is -0.615. The van der Waals surface area contributed by atoms with Crippen molar-refractivity contribution in [2.45, 2.75) is 13.8 Å². The molecule has 25 heavy (non-hydrogen) atoms. The number of aryl methyl sites for hydroxylation is 1. The quantitative estimate of drug-likeness (QED) is 0.620. The standard InChI is InChI=1S/C16H16N6O2S/c1-3-24-16(23)20-15(25)19-13-8-12(21-22-13)14-9(2)17-10-6-4-5-7-11(10)18-14/h4-8H,3H2,1-2H3,(H3,19,20,21,22,23,25). The molecule has 0 radical (unpaired) electrons. The molecule has 0 spiro atoms. The van der Waals surface area contributed by atoms with Crippen LogP contribution in [0.1, 0.15) is 12.6 Å². The van der Waals surface area contributed by atoms with Crippen molar-refractivity contribution < 1.29 is 9.53 Å². The van der Waals surface area contributed by atoms with Gasteiger partial charge >= 0.3 is 6.09 Å². The monoisotopic (exact) mass is 356 g/mol. The first-order chi connectivity index (χ1) is 12.1. The summed E-state index contributed by atoms with van der Waals surface area (Å²) >= 11 is 5.04. The third-order valence-corrected chi connectivity index (χ3v) is 3.51. The van der Waals surface area contributed by atoms with Crippen LogP contribution in [0.3, 0.4) is 0 Å². The Morgan fingerprint density at radius 1 is 1.28 bits per heavy atom. The number of aromatic nitrogens is 4. The van der Waals surface area contributed by atoms with Crippen LogP contribution in [0.2, 0.25) is 0 Å². The number of carbonyl (C=O) groups excluding carboxylic acids is 1. The molecule has 9 heteroatoms. The van der Waals surface area contributed by atoms with E-state index in [4.69, 9.17) is 17.0 Å². The van der Waals surface area contributed by atoms with Gasteiger partial charge in [-0.3, -0.25) is 10.4 Å². The van der Waals surface area contributed by atoms with Crippen molar-refractivity contribution in [2.24, 2.45) is 0 Å². The number of H-pyrrole nitrogens is 1. The zero-order chi connectivity index (χ0) is 17.8. The highest BCUT2D eigenvalue weighted by Gasteiger charge is 2.12. The largest absolute Gasteiger partial charge is 0.450 e. The van der Waals surface area contributed by atoms with E-state index in [0.717, 1.165) is 16.7 Å². The highest BCUT2D eigenvalue weighted by Crippen LogP contribution is 2.22. The predicted molar refractivity (Wildman–Crippen MR) is 98.2 cm³/mol. The van der Waals surface area contributed by atoms with Crippen LogP contribution in [0.15, 0.2) is 30.3 Å². The Balaban J connectivity index is 1.78. The van der Waals surface area contributed by atoms with Gasteiger partial charge in [-0.25, -0.2) is 14.8 Å². The van der Waals surface area contributed by atoms with Crippen LogP contribution >= 0.6 is 12.2 Å². The molecule has 0 fully saturated rings. The number of ether oxygens (including phenoxy) is 1. The Labute approximate surface area is 149 Å². The molecule has 128 valence electrons. The molecule has 3 aromatic rings. The molecule has 1 amide bonds. The van der Waals surface area contributed by atoms with Crippen molar-refractivity contribution in [3.05, 3.63) is 36.0 Å². The zero-order valence-electron chi connectivity index (χ0n) is 13.7. The molecule has 0 unspecified atom stereocenters. The molecule has 3 N–H and O–H groups in total. The lowest BCUT2D eigenvalue weighted by atomic mass is 10.2. The number of rotatable bonds is 3. The molecule has 0 aliphatic carbocycles. The topological polar surface area (TPSA) is 105 Å². The lowest BCUT2D eigenvalue weighted by Gasteiger charge is -2.07. The van der Waals surface area contributed by atoms with Crippen molar-refractivity contribution in [1.82, 2.24) is 25.5 Å². The van der Waals surface area contributed by atoms with Gasteiger partial charge in [-0.1, -0.05) is 12.1 Å². The molecule has 2 aromatic heterocycles. The molecule has 8 nitrogen and oxygen atoms in total. The van der Waals surface area contributed by atoms with E-state index < -0.39 is 6.09 Å². The molecule has 3 rings (SSSR count). The van der Waals surface area contributed by atoms with E-state index in [1.165, 1.54) is 0 Å². The summed E-state index contributed by atoms with van der Waals surface area (Å²) in [4.78, 5) is 20.5. The van der Waals surface area contributed by atoms with Crippen molar-refractivity contribution in [1.29, 1.82) is 0 Å². The number of thiocarbonyl (C=S) groups is 1. The third-order valence-electron chi connectivity index (χ3n) is 3.30. The fraction of sp³-hybridized carbons (Fsp3) is 0.188. The van der Waals surface area contributed by atoms with Crippen LogP contribution in [-0.4, -0.2) is 38.0 Å². The van der Waals surface area contributed by atoms with Crippen LogP contribution in [0.25, 0.3) is 22.4 Å². The van der Waals surface area contributed by atoms with Gasteiger partial charge in [-0.15, -0.1) is 0 Å². The summed E-state index contributed by atoms with van der Waals surface area (Å²) in [6.45, 7) is 3.86. The van der Waals surface area contributed by atoms with Gasteiger partial charge in [0.05, 0.1) is 23.3 Å². The van der Waals surface area contributed by atoms with Gasteiger partial charge in [0.25, 0.3) is 0 Å². The summed E-state index contributed by atoms with van der Waals surface area (Å²) in [7, 11) is 0. The van der Waals surface area contributed by atoms with Crippen LogP contribution in [-0.2, 0) is 4.74 Å². The zero-order valence-corrected chi connectivity index (χ0v) is 14.5. The van der Waals surface area contributed by atoms with Crippen molar-refractivity contribution in [2.75, 3.05) is 11.9 Å². The van der Waals surface area contributed by atoms with E-state index in [2.05, 4.69) is 30.8 Å². The number of hydrogen-bond donors (Lipinski definition) is 3. The Bertz CT molecular complexity index is 939. The van der Waals surface area contributed by atoms with Crippen molar-refractivity contribution >= 4 is 40.3 Å². The maximum absolute atomic E-state index is 11.3. The molecular weight excluding hydrogens is 340 g/mol. The van der Waals surface area contributed by atoms with Gasteiger partial charge in [0.15, 0.2) is 5.11 Å². The Kier molecular flexibility index (Phi) is 4.85.